The Bertz CT molecular complexity index is 1060. The number of rotatable bonds is 2. The molecule has 1 aliphatic carbocycles. The molecule has 4 nitrogen and oxygen atoms in total. The van der Waals surface area contributed by atoms with Crippen LogP contribution in [0.25, 0.3) is 34.0 Å². The van der Waals surface area contributed by atoms with E-state index < -0.39 is 0 Å². The van der Waals surface area contributed by atoms with Crippen LogP contribution in [0.3, 0.4) is 0 Å². The summed E-state index contributed by atoms with van der Waals surface area (Å²) in [5.74, 6) is 0. The standard InChI is InChI=1S/C22H16N4/c1-3-11-23-18(7-1)17-14-20(19-8-2-4-12-24-19)26-22-16(17)10-9-15-6-5-13-25-21(15)22/h1-8,11-14H,9-10H2. The average Bonchev–Trinajstić information content (AvgIpc) is 2.74. The normalized spacial score (nSPS) is 12.3. The SMILES string of the molecule is c1ccc(-c2cc(-c3ccccn3)c3c(n2)-c2ncccc2CC3)nc1. The summed E-state index contributed by atoms with van der Waals surface area (Å²) in [6.07, 6.45) is 7.38. The van der Waals surface area contributed by atoms with Gasteiger partial charge in [-0.1, -0.05) is 18.2 Å². The van der Waals surface area contributed by atoms with Gasteiger partial charge in [-0.2, -0.15) is 0 Å². The Balaban J connectivity index is 1.81. The van der Waals surface area contributed by atoms with Gasteiger partial charge in [0.25, 0.3) is 0 Å². The highest BCUT2D eigenvalue weighted by Gasteiger charge is 2.23. The number of fused-ring (bicyclic) bond motifs is 3. The predicted molar refractivity (Wildman–Crippen MR) is 101 cm³/mol. The van der Waals surface area contributed by atoms with Crippen LogP contribution < -0.4 is 0 Å². The van der Waals surface area contributed by atoms with Gasteiger partial charge in [0, 0.05) is 24.2 Å². The fraction of sp³-hybridized carbons (Fsp3) is 0.0909. The lowest BCUT2D eigenvalue weighted by atomic mass is 9.88. The van der Waals surface area contributed by atoms with Crippen molar-refractivity contribution in [3.63, 3.8) is 0 Å². The van der Waals surface area contributed by atoms with Crippen LogP contribution in [0.15, 0.2) is 73.2 Å². The average molecular weight is 336 g/mol. The van der Waals surface area contributed by atoms with Crippen LogP contribution >= 0.6 is 0 Å². The van der Waals surface area contributed by atoms with E-state index in [1.165, 1.54) is 11.1 Å². The molecule has 0 unspecified atom stereocenters. The Hall–Kier alpha value is -3.40. The third-order valence-corrected chi connectivity index (χ3v) is 4.75. The van der Waals surface area contributed by atoms with Gasteiger partial charge < -0.3 is 0 Å². The molecule has 0 aliphatic heterocycles. The summed E-state index contributed by atoms with van der Waals surface area (Å²) >= 11 is 0. The fourth-order valence-electron chi connectivity index (χ4n) is 3.53. The minimum atomic E-state index is 0.850. The van der Waals surface area contributed by atoms with Crippen molar-refractivity contribution in [2.24, 2.45) is 0 Å². The van der Waals surface area contributed by atoms with Crippen LogP contribution in [0.4, 0.5) is 0 Å². The van der Waals surface area contributed by atoms with Gasteiger partial charge in [0.15, 0.2) is 0 Å². The molecule has 4 aromatic rings. The molecule has 5 rings (SSSR count). The summed E-state index contributed by atoms with van der Waals surface area (Å²) in [5, 5.41) is 0. The van der Waals surface area contributed by atoms with E-state index in [1.807, 2.05) is 54.9 Å². The predicted octanol–water partition coefficient (Wildman–Crippen LogP) is 4.37. The molecule has 0 saturated carbocycles. The Morgan fingerprint density at radius 1 is 0.615 bits per heavy atom. The highest BCUT2D eigenvalue weighted by Crippen LogP contribution is 2.38. The molecule has 0 N–H and O–H groups in total. The highest BCUT2D eigenvalue weighted by atomic mass is 14.8. The molecule has 4 heteroatoms. The van der Waals surface area contributed by atoms with Crippen molar-refractivity contribution >= 4 is 0 Å². The first-order chi connectivity index (χ1) is 12.9. The third-order valence-electron chi connectivity index (χ3n) is 4.75. The van der Waals surface area contributed by atoms with Crippen LogP contribution in [0.2, 0.25) is 0 Å². The van der Waals surface area contributed by atoms with Gasteiger partial charge in [0.1, 0.15) is 0 Å². The van der Waals surface area contributed by atoms with Crippen molar-refractivity contribution in [2.75, 3.05) is 0 Å². The highest BCUT2D eigenvalue weighted by molar-refractivity contribution is 5.80. The van der Waals surface area contributed by atoms with E-state index in [-0.39, 0.29) is 0 Å². The van der Waals surface area contributed by atoms with Crippen molar-refractivity contribution in [2.45, 2.75) is 12.8 Å². The third kappa shape index (κ3) is 2.47. The first-order valence-corrected chi connectivity index (χ1v) is 8.71. The van der Waals surface area contributed by atoms with E-state index in [0.717, 1.165) is 46.9 Å². The molecular formula is C22H16N4. The lowest BCUT2D eigenvalue weighted by molar-refractivity contribution is 0.913. The summed E-state index contributed by atoms with van der Waals surface area (Å²) in [6.45, 7) is 0. The fourth-order valence-corrected chi connectivity index (χ4v) is 3.53. The number of aryl methyl sites for hydroxylation is 1. The molecule has 0 bridgehead atoms. The van der Waals surface area contributed by atoms with E-state index in [9.17, 15) is 0 Å². The summed E-state index contributed by atoms with van der Waals surface area (Å²) in [4.78, 5) is 18.6. The van der Waals surface area contributed by atoms with Crippen molar-refractivity contribution in [1.82, 2.24) is 19.9 Å². The number of hydrogen-bond acceptors (Lipinski definition) is 4. The van der Waals surface area contributed by atoms with Crippen molar-refractivity contribution in [1.29, 1.82) is 0 Å². The second-order valence-corrected chi connectivity index (χ2v) is 6.32. The molecule has 1 aliphatic rings. The van der Waals surface area contributed by atoms with Gasteiger partial charge in [0.2, 0.25) is 0 Å². The van der Waals surface area contributed by atoms with Gasteiger partial charge >= 0.3 is 0 Å². The van der Waals surface area contributed by atoms with Crippen LogP contribution in [0.1, 0.15) is 11.1 Å². The van der Waals surface area contributed by atoms with Crippen molar-refractivity contribution in [3.05, 3.63) is 84.3 Å². The van der Waals surface area contributed by atoms with E-state index in [4.69, 9.17) is 4.98 Å². The molecule has 124 valence electrons. The molecule has 4 aromatic heterocycles. The Morgan fingerprint density at radius 2 is 1.38 bits per heavy atom. The topological polar surface area (TPSA) is 51.6 Å². The minimum absolute atomic E-state index is 0.850. The Morgan fingerprint density at radius 3 is 2.15 bits per heavy atom. The largest absolute Gasteiger partial charge is 0.256 e. The molecule has 4 heterocycles. The summed E-state index contributed by atoms with van der Waals surface area (Å²) in [7, 11) is 0. The zero-order chi connectivity index (χ0) is 17.3. The first kappa shape index (κ1) is 14.9. The monoisotopic (exact) mass is 336 g/mol. The second kappa shape index (κ2) is 6.15. The van der Waals surface area contributed by atoms with Gasteiger partial charge in [-0.3, -0.25) is 15.0 Å². The van der Waals surface area contributed by atoms with Crippen molar-refractivity contribution < 1.29 is 0 Å². The molecule has 0 spiro atoms. The van der Waals surface area contributed by atoms with Crippen LogP contribution in [0.5, 0.6) is 0 Å². The lowest BCUT2D eigenvalue weighted by Crippen LogP contribution is -2.10. The molecule has 0 atom stereocenters. The number of pyridine rings is 4. The van der Waals surface area contributed by atoms with Crippen LogP contribution in [-0.2, 0) is 12.8 Å². The number of aromatic nitrogens is 4. The van der Waals surface area contributed by atoms with Crippen molar-refractivity contribution in [3.8, 4) is 34.0 Å². The summed E-state index contributed by atoms with van der Waals surface area (Å²) in [6, 6.07) is 18.1. The molecule has 0 aromatic carbocycles. The maximum atomic E-state index is 4.96. The smallest absolute Gasteiger partial charge is 0.0936 e. The van der Waals surface area contributed by atoms with Gasteiger partial charge in [0.05, 0.1) is 28.5 Å². The van der Waals surface area contributed by atoms with Gasteiger partial charge in [-0.05, 0) is 60.4 Å². The number of nitrogens with zero attached hydrogens (tertiary/aromatic N) is 4. The molecular weight excluding hydrogens is 320 g/mol. The second-order valence-electron chi connectivity index (χ2n) is 6.32. The maximum Gasteiger partial charge on any atom is 0.0936 e. The minimum Gasteiger partial charge on any atom is -0.256 e. The first-order valence-electron chi connectivity index (χ1n) is 8.71. The molecule has 26 heavy (non-hydrogen) atoms. The lowest BCUT2D eigenvalue weighted by Gasteiger charge is -2.21. The number of hydrogen-bond donors (Lipinski definition) is 0. The van der Waals surface area contributed by atoms with Crippen LogP contribution in [0, 0.1) is 0 Å². The molecule has 0 saturated heterocycles. The zero-order valence-corrected chi connectivity index (χ0v) is 14.1. The molecule has 0 radical (unpaired) electrons. The van der Waals surface area contributed by atoms with Gasteiger partial charge in [-0.25, -0.2) is 4.98 Å². The Kier molecular flexibility index (Phi) is 3.53. The quantitative estimate of drug-likeness (QED) is 0.545. The van der Waals surface area contributed by atoms with Crippen LogP contribution in [-0.4, -0.2) is 19.9 Å². The van der Waals surface area contributed by atoms with E-state index in [1.54, 1.807) is 6.20 Å². The van der Waals surface area contributed by atoms with E-state index >= 15 is 0 Å². The summed E-state index contributed by atoms with van der Waals surface area (Å²) in [5.41, 5.74) is 8.18. The molecule has 0 fully saturated rings. The van der Waals surface area contributed by atoms with Gasteiger partial charge in [-0.15, -0.1) is 0 Å². The molecule has 0 amide bonds. The van der Waals surface area contributed by atoms with E-state index in [2.05, 4.69) is 27.1 Å². The maximum absolute atomic E-state index is 4.96. The summed E-state index contributed by atoms with van der Waals surface area (Å²) < 4.78 is 0. The Labute approximate surface area is 151 Å². The zero-order valence-electron chi connectivity index (χ0n) is 14.1. The van der Waals surface area contributed by atoms with E-state index in [0.29, 0.717) is 0 Å².